The van der Waals surface area contributed by atoms with Crippen LogP contribution < -0.4 is 33.2 Å². The van der Waals surface area contributed by atoms with Crippen LogP contribution in [0.2, 0.25) is 0 Å². The number of hydrogen-bond donors (Lipinski definition) is 0. The zero-order chi connectivity index (χ0) is 18.4. The smallest absolute Gasteiger partial charge is 0.211 e. The van der Waals surface area contributed by atoms with E-state index in [4.69, 9.17) is 33.2 Å². The lowest BCUT2D eigenvalue weighted by Crippen LogP contribution is -1.98. The van der Waals surface area contributed by atoms with Crippen LogP contribution in [0.15, 0.2) is 24.3 Å². The van der Waals surface area contributed by atoms with Crippen molar-refractivity contribution in [3.63, 3.8) is 0 Å². The molecule has 0 aliphatic carbocycles. The second kappa shape index (κ2) is 8.23. The second-order valence-corrected chi connectivity index (χ2v) is 4.82. The highest BCUT2D eigenvalue weighted by molar-refractivity contribution is 5.60. The molecule has 0 saturated carbocycles. The summed E-state index contributed by atoms with van der Waals surface area (Å²) in [5.41, 5.74) is 0. The first kappa shape index (κ1) is 18.4. The number of ether oxygens (including phenoxy) is 7. The molecular weight excluding hydrogens is 328 g/mol. The zero-order valence-corrected chi connectivity index (χ0v) is 15.2. The monoisotopic (exact) mass is 350 g/mol. The average Bonchev–Trinajstić information content (AvgIpc) is 2.66. The van der Waals surface area contributed by atoms with Crippen molar-refractivity contribution in [1.82, 2.24) is 0 Å². The van der Waals surface area contributed by atoms with Crippen molar-refractivity contribution in [2.45, 2.75) is 0 Å². The van der Waals surface area contributed by atoms with Gasteiger partial charge in [-0.3, -0.25) is 0 Å². The van der Waals surface area contributed by atoms with Crippen molar-refractivity contribution in [3.8, 4) is 46.0 Å². The molecule has 2 aromatic rings. The van der Waals surface area contributed by atoms with Gasteiger partial charge in [-0.2, -0.15) is 0 Å². The molecule has 7 heteroatoms. The van der Waals surface area contributed by atoms with Gasteiger partial charge < -0.3 is 33.2 Å². The van der Waals surface area contributed by atoms with E-state index in [1.165, 1.54) is 35.5 Å². The third-order valence-corrected chi connectivity index (χ3v) is 3.53. The zero-order valence-electron chi connectivity index (χ0n) is 15.2. The molecule has 0 aromatic heterocycles. The molecule has 0 aliphatic rings. The van der Waals surface area contributed by atoms with Crippen molar-refractivity contribution in [2.24, 2.45) is 0 Å². The van der Waals surface area contributed by atoms with Gasteiger partial charge in [-0.1, -0.05) is 0 Å². The van der Waals surface area contributed by atoms with Crippen LogP contribution in [0.4, 0.5) is 0 Å². The largest absolute Gasteiger partial charge is 0.496 e. The van der Waals surface area contributed by atoms with E-state index in [-0.39, 0.29) is 0 Å². The number of hydrogen-bond acceptors (Lipinski definition) is 7. The third kappa shape index (κ3) is 3.76. The Morgan fingerprint density at radius 3 is 1.20 bits per heavy atom. The van der Waals surface area contributed by atoms with Gasteiger partial charge in [-0.25, -0.2) is 0 Å². The summed E-state index contributed by atoms with van der Waals surface area (Å²) in [6, 6.07) is 6.78. The van der Waals surface area contributed by atoms with Crippen LogP contribution in [0.5, 0.6) is 46.0 Å². The van der Waals surface area contributed by atoms with E-state index in [1.807, 2.05) is 0 Å². The van der Waals surface area contributed by atoms with Crippen LogP contribution in [0, 0.1) is 0 Å². The van der Waals surface area contributed by atoms with Crippen LogP contribution >= 0.6 is 0 Å². The Morgan fingerprint density at radius 1 is 0.440 bits per heavy atom. The van der Waals surface area contributed by atoms with Crippen molar-refractivity contribution < 1.29 is 33.2 Å². The van der Waals surface area contributed by atoms with Gasteiger partial charge in [0.25, 0.3) is 0 Å². The van der Waals surface area contributed by atoms with Gasteiger partial charge in [0.05, 0.1) is 42.7 Å². The molecule has 0 fully saturated rings. The Morgan fingerprint density at radius 2 is 0.840 bits per heavy atom. The van der Waals surface area contributed by atoms with Crippen molar-refractivity contribution in [3.05, 3.63) is 24.3 Å². The minimum Gasteiger partial charge on any atom is -0.496 e. The van der Waals surface area contributed by atoms with E-state index in [9.17, 15) is 0 Å². The van der Waals surface area contributed by atoms with Gasteiger partial charge >= 0.3 is 0 Å². The van der Waals surface area contributed by atoms with E-state index in [0.717, 1.165) is 0 Å². The topological polar surface area (TPSA) is 64.6 Å². The predicted octanol–water partition coefficient (Wildman–Crippen LogP) is 3.53. The van der Waals surface area contributed by atoms with Gasteiger partial charge in [-0.05, 0) is 0 Å². The molecule has 25 heavy (non-hydrogen) atoms. The average molecular weight is 350 g/mol. The highest BCUT2D eigenvalue weighted by Crippen LogP contribution is 2.46. The van der Waals surface area contributed by atoms with Gasteiger partial charge in [0.1, 0.15) is 11.5 Å². The number of benzene rings is 2. The maximum atomic E-state index is 5.99. The molecule has 7 nitrogen and oxygen atoms in total. The first-order chi connectivity index (χ1) is 12.1. The first-order valence-corrected chi connectivity index (χ1v) is 7.39. The van der Waals surface area contributed by atoms with Crippen molar-refractivity contribution in [2.75, 3.05) is 42.7 Å². The summed E-state index contributed by atoms with van der Waals surface area (Å²) >= 11 is 0. The van der Waals surface area contributed by atoms with Gasteiger partial charge in [-0.15, -0.1) is 0 Å². The quantitative estimate of drug-likeness (QED) is 0.721. The van der Waals surface area contributed by atoms with Crippen LogP contribution in [0.25, 0.3) is 0 Å². The molecule has 0 radical (unpaired) electrons. The lowest BCUT2D eigenvalue weighted by Gasteiger charge is -2.17. The molecular formula is C18H22O7. The van der Waals surface area contributed by atoms with Crippen molar-refractivity contribution in [1.29, 1.82) is 0 Å². The van der Waals surface area contributed by atoms with E-state index < -0.39 is 0 Å². The Balaban J connectivity index is 2.52. The summed E-state index contributed by atoms with van der Waals surface area (Å²) in [5, 5.41) is 0. The summed E-state index contributed by atoms with van der Waals surface area (Å²) in [7, 11) is 9.25. The van der Waals surface area contributed by atoms with Gasteiger partial charge in [0.15, 0.2) is 23.0 Å². The molecule has 2 rings (SSSR count). The van der Waals surface area contributed by atoms with E-state index in [0.29, 0.717) is 46.0 Å². The Labute approximate surface area is 146 Å². The molecule has 0 atom stereocenters. The molecule has 0 saturated heterocycles. The summed E-state index contributed by atoms with van der Waals surface area (Å²) < 4.78 is 38.0. The van der Waals surface area contributed by atoms with Crippen LogP contribution in [0.1, 0.15) is 0 Å². The molecule has 136 valence electrons. The van der Waals surface area contributed by atoms with E-state index >= 15 is 0 Å². The molecule has 0 bridgehead atoms. The molecule has 0 heterocycles. The fourth-order valence-electron chi connectivity index (χ4n) is 2.31. The number of methoxy groups -OCH3 is 6. The number of rotatable bonds is 8. The summed E-state index contributed by atoms with van der Waals surface area (Å²) in [4.78, 5) is 0. The maximum absolute atomic E-state index is 5.99. The SMILES string of the molecule is COc1cc(OC)c(Oc2cc(OC)c(OC)c(OC)c2)c(OC)c1. The highest BCUT2D eigenvalue weighted by Gasteiger charge is 2.19. The molecule has 2 aromatic carbocycles. The first-order valence-electron chi connectivity index (χ1n) is 7.39. The molecule has 0 amide bonds. The Bertz CT molecular complexity index is 677. The minimum absolute atomic E-state index is 0.403. The minimum atomic E-state index is 0.403. The second-order valence-electron chi connectivity index (χ2n) is 4.82. The molecule has 0 spiro atoms. The van der Waals surface area contributed by atoms with Gasteiger partial charge in [0.2, 0.25) is 11.5 Å². The lowest BCUT2D eigenvalue weighted by molar-refractivity contribution is 0.316. The standard InChI is InChI=1S/C18H22O7/c1-19-11-7-15(22-4)18(16(8-11)23-5)25-12-9-13(20-2)17(24-6)14(10-12)21-3/h7-10H,1-6H3. The van der Waals surface area contributed by atoms with E-state index in [1.54, 1.807) is 31.4 Å². The van der Waals surface area contributed by atoms with Crippen LogP contribution in [0.3, 0.4) is 0 Å². The summed E-state index contributed by atoms with van der Waals surface area (Å²) in [6.07, 6.45) is 0. The highest BCUT2D eigenvalue weighted by atomic mass is 16.5. The van der Waals surface area contributed by atoms with E-state index in [2.05, 4.69) is 0 Å². The Kier molecular flexibility index (Phi) is 6.05. The lowest BCUT2D eigenvalue weighted by atomic mass is 10.2. The predicted molar refractivity (Wildman–Crippen MR) is 92.3 cm³/mol. The third-order valence-electron chi connectivity index (χ3n) is 3.53. The molecule has 0 aliphatic heterocycles. The fraction of sp³-hybridized carbons (Fsp3) is 0.333. The maximum Gasteiger partial charge on any atom is 0.211 e. The van der Waals surface area contributed by atoms with Gasteiger partial charge in [0, 0.05) is 24.3 Å². The molecule has 0 N–H and O–H groups in total. The Hall–Kier alpha value is -2.96. The summed E-state index contributed by atoms with van der Waals surface area (Å²) in [5.74, 6) is 3.81. The van der Waals surface area contributed by atoms with Crippen molar-refractivity contribution >= 4 is 0 Å². The summed E-state index contributed by atoms with van der Waals surface area (Å²) in [6.45, 7) is 0. The normalized spacial score (nSPS) is 10.0. The van der Waals surface area contributed by atoms with Crippen LogP contribution in [-0.4, -0.2) is 42.7 Å². The fourth-order valence-corrected chi connectivity index (χ4v) is 2.31. The van der Waals surface area contributed by atoms with Crippen LogP contribution in [-0.2, 0) is 0 Å². The molecule has 0 unspecified atom stereocenters.